The Morgan fingerprint density at radius 1 is 0.328 bits per heavy atom. The molecule has 2 aliphatic rings. The van der Waals surface area contributed by atoms with Crippen molar-refractivity contribution < 1.29 is 0 Å². The number of nitrogens with zero attached hydrogens (tertiary/aromatic N) is 2. The van der Waals surface area contributed by atoms with E-state index in [4.69, 9.17) is 0 Å². The minimum atomic E-state index is 0.0433. The molecule has 67 heavy (non-hydrogen) atoms. The molecule has 0 saturated carbocycles. The lowest BCUT2D eigenvalue weighted by Crippen LogP contribution is -2.61. The summed E-state index contributed by atoms with van der Waals surface area (Å²) < 4.78 is 0. The second-order valence-electron chi connectivity index (χ2n) is 20.0. The van der Waals surface area contributed by atoms with Gasteiger partial charge >= 0.3 is 0 Å². The van der Waals surface area contributed by atoms with E-state index in [1.165, 1.54) is 126 Å². The summed E-state index contributed by atoms with van der Waals surface area (Å²) in [4.78, 5) is 5.27. The number of aryl methyl sites for hydroxylation is 2. The number of fused-ring (bicyclic) bond motifs is 16. The van der Waals surface area contributed by atoms with Crippen molar-refractivity contribution in [3.05, 3.63) is 199 Å². The van der Waals surface area contributed by atoms with E-state index in [0.29, 0.717) is 11.8 Å². The molecule has 3 heteroatoms. The molecule has 0 saturated heterocycles. The lowest BCUT2D eigenvalue weighted by Gasteiger charge is -2.44. The second kappa shape index (κ2) is 15.6. The molecule has 0 fully saturated rings. The number of benzene rings is 11. The average Bonchev–Trinajstić information content (AvgIpc) is 3.37. The number of hydrogen-bond acceptors (Lipinski definition) is 2. The molecule has 2 heterocycles. The molecule has 2 nitrogen and oxygen atoms in total. The van der Waals surface area contributed by atoms with Gasteiger partial charge in [0.05, 0.1) is 11.4 Å². The van der Waals surface area contributed by atoms with Crippen molar-refractivity contribution in [1.82, 2.24) is 0 Å². The molecular weight excluding hydrogens is 808 g/mol. The Morgan fingerprint density at radius 2 is 0.642 bits per heavy atom. The first-order chi connectivity index (χ1) is 32.9. The largest absolute Gasteiger partial charge is 0.311 e. The van der Waals surface area contributed by atoms with Gasteiger partial charge in [0, 0.05) is 33.5 Å². The fourth-order valence-electron chi connectivity index (χ4n) is 12.0. The van der Waals surface area contributed by atoms with E-state index in [1.54, 1.807) is 0 Å². The maximum atomic E-state index is 2.64. The van der Waals surface area contributed by atoms with Gasteiger partial charge in [0.25, 0.3) is 6.71 Å². The molecule has 0 bridgehead atoms. The van der Waals surface area contributed by atoms with Crippen molar-refractivity contribution in [2.75, 3.05) is 9.80 Å². The van der Waals surface area contributed by atoms with Gasteiger partial charge in [-0.05, 0) is 155 Å². The van der Waals surface area contributed by atoms with Crippen LogP contribution in [0.2, 0.25) is 0 Å². The van der Waals surface area contributed by atoms with Crippen molar-refractivity contribution in [3.63, 3.8) is 0 Å². The summed E-state index contributed by atoms with van der Waals surface area (Å²) in [6.45, 7) is 9.44. The third-order valence-electron chi connectivity index (χ3n) is 15.1. The van der Waals surface area contributed by atoms with Gasteiger partial charge in [-0.15, -0.1) is 0 Å². The first kappa shape index (κ1) is 40.0. The average molecular weight is 861 g/mol. The highest BCUT2D eigenvalue weighted by Crippen LogP contribution is 2.50. The minimum absolute atomic E-state index is 0.0433. The molecule has 11 aromatic carbocycles. The summed E-state index contributed by atoms with van der Waals surface area (Å²) in [5.74, 6) is 1.25. The van der Waals surface area contributed by atoms with Crippen LogP contribution in [0.3, 0.4) is 0 Å². The van der Waals surface area contributed by atoms with Gasteiger partial charge < -0.3 is 9.80 Å². The third-order valence-corrected chi connectivity index (χ3v) is 15.1. The van der Waals surface area contributed by atoms with E-state index < -0.39 is 0 Å². The van der Waals surface area contributed by atoms with Gasteiger partial charge in [-0.25, -0.2) is 0 Å². The summed E-state index contributed by atoms with van der Waals surface area (Å²) in [5, 5.41) is 15.5. The van der Waals surface area contributed by atoms with Crippen LogP contribution >= 0.6 is 0 Å². The van der Waals surface area contributed by atoms with E-state index in [0.717, 1.165) is 25.7 Å². The topological polar surface area (TPSA) is 6.48 Å². The molecule has 0 aromatic heterocycles. The molecule has 322 valence electrons. The first-order valence-corrected chi connectivity index (χ1v) is 24.6. The van der Waals surface area contributed by atoms with Crippen LogP contribution in [-0.4, -0.2) is 6.71 Å². The standard InChI is InChI=1S/C64H53BN2/c1-40(2)30-32-42-34-36-56-54(38-42)65-55-39-43(33-31-41(3)4)35-37-57(55)67(59-27-14-25-53-49-19-8-6-17-45(49)47-21-10-12-23-51(47)63(53)59)61-29-15-28-60(64(61)65)66(56)58-26-13-24-52-48-18-7-5-16-44(48)46-20-9-11-22-50(46)62(52)58/h5-29,34-41H,30-33H2,1-4H3. The Hall–Kier alpha value is -7.36. The Balaban J connectivity index is 1.15. The predicted octanol–water partition coefficient (Wildman–Crippen LogP) is 15.9. The van der Waals surface area contributed by atoms with Gasteiger partial charge in [0.2, 0.25) is 0 Å². The Bertz CT molecular complexity index is 3470. The molecule has 13 rings (SSSR count). The molecule has 0 aliphatic carbocycles. The Kier molecular flexibility index (Phi) is 9.33. The van der Waals surface area contributed by atoms with Crippen LogP contribution in [0.4, 0.5) is 34.1 Å². The fourth-order valence-corrected chi connectivity index (χ4v) is 12.0. The molecule has 0 amide bonds. The highest BCUT2D eigenvalue weighted by molar-refractivity contribution is 7.00. The van der Waals surface area contributed by atoms with E-state index in [9.17, 15) is 0 Å². The molecule has 0 N–H and O–H groups in total. The zero-order valence-corrected chi connectivity index (χ0v) is 38.9. The molecule has 2 aliphatic heterocycles. The lowest BCUT2D eigenvalue weighted by atomic mass is 9.33. The zero-order chi connectivity index (χ0) is 44.9. The third kappa shape index (κ3) is 6.17. The summed E-state index contributed by atoms with van der Waals surface area (Å²) in [6.07, 6.45) is 4.43. The molecule has 0 spiro atoms. The summed E-state index contributed by atoms with van der Waals surface area (Å²) in [7, 11) is 0. The van der Waals surface area contributed by atoms with Crippen molar-refractivity contribution in [3.8, 4) is 0 Å². The summed E-state index contributed by atoms with van der Waals surface area (Å²) in [5.41, 5.74) is 14.4. The minimum Gasteiger partial charge on any atom is -0.311 e. The van der Waals surface area contributed by atoms with Crippen LogP contribution in [-0.2, 0) is 12.8 Å². The van der Waals surface area contributed by atoms with Gasteiger partial charge in [0.1, 0.15) is 0 Å². The normalized spacial score (nSPS) is 13.2. The monoisotopic (exact) mass is 860 g/mol. The number of anilines is 6. The maximum Gasteiger partial charge on any atom is 0.252 e. The predicted molar refractivity (Wildman–Crippen MR) is 292 cm³/mol. The SMILES string of the molecule is CC(C)CCc1ccc2c(c1)B1c3cc(CCC(C)C)ccc3N(c3cccc4c5ccccc5c5ccccc5c34)c3cccc(c31)N2c1cccc2c3ccccc3c3ccccc3c12. The van der Waals surface area contributed by atoms with Gasteiger partial charge in [0.15, 0.2) is 0 Å². The van der Waals surface area contributed by atoms with E-state index >= 15 is 0 Å². The van der Waals surface area contributed by atoms with E-state index in [2.05, 4.69) is 226 Å². The highest BCUT2D eigenvalue weighted by Gasteiger charge is 2.44. The molecular formula is C64H53BN2. The smallest absolute Gasteiger partial charge is 0.252 e. The first-order valence-electron chi connectivity index (χ1n) is 24.6. The van der Waals surface area contributed by atoms with Crippen LogP contribution in [0.25, 0.3) is 64.6 Å². The van der Waals surface area contributed by atoms with Crippen LogP contribution < -0.4 is 26.2 Å². The Labute approximate surface area is 394 Å². The molecule has 0 unspecified atom stereocenters. The summed E-state index contributed by atoms with van der Waals surface area (Å²) in [6, 6.07) is 72.1. The van der Waals surface area contributed by atoms with Gasteiger partial charge in [-0.1, -0.05) is 179 Å². The van der Waals surface area contributed by atoms with Crippen LogP contribution in [0.5, 0.6) is 0 Å². The van der Waals surface area contributed by atoms with Crippen LogP contribution in [0.1, 0.15) is 51.7 Å². The van der Waals surface area contributed by atoms with E-state index in [1.807, 2.05) is 0 Å². The summed E-state index contributed by atoms with van der Waals surface area (Å²) >= 11 is 0. The van der Waals surface area contributed by atoms with Gasteiger partial charge in [-0.3, -0.25) is 0 Å². The number of hydrogen-bond donors (Lipinski definition) is 0. The van der Waals surface area contributed by atoms with Crippen LogP contribution in [0.15, 0.2) is 188 Å². The fraction of sp³-hybridized carbons (Fsp3) is 0.156. The Morgan fingerprint density at radius 3 is 1.01 bits per heavy atom. The van der Waals surface area contributed by atoms with E-state index in [-0.39, 0.29) is 6.71 Å². The van der Waals surface area contributed by atoms with Crippen molar-refractivity contribution in [1.29, 1.82) is 0 Å². The maximum absolute atomic E-state index is 2.64. The lowest BCUT2D eigenvalue weighted by molar-refractivity contribution is 0.587. The van der Waals surface area contributed by atoms with Crippen LogP contribution in [0, 0.1) is 11.8 Å². The van der Waals surface area contributed by atoms with Crippen molar-refractivity contribution in [2.24, 2.45) is 11.8 Å². The highest BCUT2D eigenvalue weighted by atomic mass is 15.2. The molecule has 0 radical (unpaired) electrons. The zero-order valence-electron chi connectivity index (χ0n) is 38.9. The second-order valence-corrected chi connectivity index (χ2v) is 20.0. The molecule has 0 atom stereocenters. The number of rotatable bonds is 8. The molecule has 11 aromatic rings. The van der Waals surface area contributed by atoms with Crippen molar-refractivity contribution in [2.45, 2.75) is 53.4 Å². The quantitative estimate of drug-likeness (QED) is 0.111. The van der Waals surface area contributed by atoms with Crippen molar-refractivity contribution >= 4 is 122 Å². The van der Waals surface area contributed by atoms with Gasteiger partial charge in [-0.2, -0.15) is 0 Å².